The van der Waals surface area contributed by atoms with Crippen molar-refractivity contribution in [1.82, 2.24) is 4.98 Å². The zero-order valence-corrected chi connectivity index (χ0v) is 26.6. The zero-order chi connectivity index (χ0) is 32.9. The van der Waals surface area contributed by atoms with Crippen LogP contribution in [0, 0.1) is 29.1 Å². The van der Waals surface area contributed by atoms with E-state index in [4.69, 9.17) is 23.7 Å². The van der Waals surface area contributed by atoms with Gasteiger partial charge >= 0.3 is 23.9 Å². The van der Waals surface area contributed by atoms with Crippen LogP contribution in [0.15, 0.2) is 48.8 Å². The fraction of sp³-hybridized carbons (Fsp3) is 0.588. The van der Waals surface area contributed by atoms with Gasteiger partial charge in [-0.3, -0.25) is 24.2 Å². The number of nitrogens with zero attached hydrogens (tertiary/aromatic N) is 1. The van der Waals surface area contributed by atoms with Crippen molar-refractivity contribution in [2.24, 2.45) is 29.1 Å². The smallest absolute Gasteiger partial charge is 0.340 e. The summed E-state index contributed by atoms with van der Waals surface area (Å²) in [5.41, 5.74) is -3.94. The Kier molecular flexibility index (Phi) is 8.54. The molecule has 242 valence electrons. The summed E-state index contributed by atoms with van der Waals surface area (Å²) in [4.78, 5) is 71.7. The van der Waals surface area contributed by atoms with Crippen molar-refractivity contribution >= 4 is 29.7 Å². The molecule has 5 rings (SSSR count). The van der Waals surface area contributed by atoms with Crippen molar-refractivity contribution in [3.05, 3.63) is 54.4 Å². The number of ether oxygens (including phenoxy) is 5. The Bertz CT molecular complexity index is 1440. The average molecular weight is 624 g/mol. The first-order chi connectivity index (χ1) is 21.3. The van der Waals surface area contributed by atoms with Crippen molar-refractivity contribution in [2.75, 3.05) is 6.61 Å². The number of hydrogen-bond donors (Lipinski definition) is 0. The van der Waals surface area contributed by atoms with Gasteiger partial charge in [0.15, 0.2) is 5.60 Å². The van der Waals surface area contributed by atoms with Crippen molar-refractivity contribution in [3.63, 3.8) is 0 Å². The predicted molar refractivity (Wildman–Crippen MR) is 158 cm³/mol. The van der Waals surface area contributed by atoms with E-state index in [2.05, 4.69) is 11.6 Å². The lowest BCUT2D eigenvalue weighted by Crippen LogP contribution is -2.62. The average Bonchev–Trinajstić information content (AvgIpc) is 3.46. The molecule has 4 aliphatic rings. The minimum Gasteiger partial charge on any atom is -0.461 e. The van der Waals surface area contributed by atoms with Crippen LogP contribution in [0.3, 0.4) is 0 Å². The van der Waals surface area contributed by atoms with Crippen LogP contribution in [0.2, 0.25) is 0 Å². The summed E-state index contributed by atoms with van der Waals surface area (Å²) in [6.07, 6.45) is 3.24. The molecule has 2 bridgehead atoms. The molecule has 10 atom stereocenters. The number of carbonyl (C=O) groups is 5. The number of fused-ring (bicyclic) bond motifs is 1. The number of rotatable bonds is 8. The molecule has 2 saturated carbocycles. The van der Waals surface area contributed by atoms with Crippen LogP contribution in [-0.2, 0) is 42.9 Å². The highest BCUT2D eigenvalue weighted by Crippen LogP contribution is 2.67. The number of esters is 4. The first kappa shape index (κ1) is 32.5. The maximum Gasteiger partial charge on any atom is 0.340 e. The third kappa shape index (κ3) is 4.99. The van der Waals surface area contributed by atoms with Gasteiger partial charge in [-0.05, 0) is 38.0 Å². The number of Topliss-reactive ketones (excluding diaryl/α,β-unsaturated/α-hetero) is 1. The minimum absolute atomic E-state index is 0.00493. The van der Waals surface area contributed by atoms with Crippen LogP contribution >= 0.6 is 0 Å². The number of aromatic nitrogens is 1. The molecule has 11 heteroatoms. The third-order valence-corrected chi connectivity index (χ3v) is 10.1. The Morgan fingerprint density at radius 3 is 2.36 bits per heavy atom. The number of pyridine rings is 1. The largest absolute Gasteiger partial charge is 0.461 e. The fourth-order valence-electron chi connectivity index (χ4n) is 8.32. The molecule has 3 aliphatic carbocycles. The molecule has 45 heavy (non-hydrogen) atoms. The van der Waals surface area contributed by atoms with Gasteiger partial charge in [-0.1, -0.05) is 39.0 Å². The molecule has 0 spiro atoms. The number of allylic oxidation sites excluding steroid dienone is 2. The normalized spacial score (nSPS) is 37.9. The molecule has 2 heterocycles. The Labute approximate surface area is 262 Å². The van der Waals surface area contributed by atoms with E-state index in [-0.39, 0.29) is 31.4 Å². The highest BCUT2D eigenvalue weighted by Gasteiger charge is 2.81. The first-order valence-corrected chi connectivity index (χ1v) is 15.5. The van der Waals surface area contributed by atoms with E-state index in [0.717, 1.165) is 0 Å². The van der Waals surface area contributed by atoms with E-state index in [1.54, 1.807) is 45.9 Å². The molecule has 0 N–H and O–H groups in total. The van der Waals surface area contributed by atoms with Gasteiger partial charge in [0.25, 0.3) is 0 Å². The summed E-state index contributed by atoms with van der Waals surface area (Å²) in [6.45, 7) is 13.8. The molecule has 1 aliphatic heterocycles. The Hall–Kier alpha value is -3.86. The van der Waals surface area contributed by atoms with Crippen LogP contribution in [0.1, 0.15) is 71.2 Å². The molecular weight excluding hydrogens is 582 g/mol. The molecular formula is C34H41NO10. The van der Waals surface area contributed by atoms with Crippen LogP contribution in [0.4, 0.5) is 0 Å². The molecule has 0 amide bonds. The lowest BCUT2D eigenvalue weighted by Gasteiger charge is -2.51. The van der Waals surface area contributed by atoms with Crippen LogP contribution in [-0.4, -0.2) is 70.8 Å². The highest BCUT2D eigenvalue weighted by molar-refractivity contribution is 5.98. The van der Waals surface area contributed by atoms with Gasteiger partial charge in [0, 0.05) is 50.4 Å². The lowest BCUT2D eigenvalue weighted by atomic mass is 9.55. The monoisotopic (exact) mass is 623 g/mol. The van der Waals surface area contributed by atoms with Gasteiger partial charge in [-0.25, -0.2) is 4.79 Å². The molecule has 1 aromatic rings. The van der Waals surface area contributed by atoms with Gasteiger partial charge in [0.2, 0.25) is 5.78 Å². The number of ketones is 1. The first-order valence-electron chi connectivity index (χ1n) is 15.5. The van der Waals surface area contributed by atoms with Crippen molar-refractivity contribution in [2.45, 2.75) is 90.3 Å². The van der Waals surface area contributed by atoms with E-state index < -0.39 is 88.3 Å². The highest BCUT2D eigenvalue weighted by atomic mass is 16.6. The van der Waals surface area contributed by atoms with E-state index in [9.17, 15) is 19.2 Å². The summed E-state index contributed by atoms with van der Waals surface area (Å²) in [6, 6.07) is 3.18. The third-order valence-electron chi connectivity index (χ3n) is 10.1. The summed E-state index contributed by atoms with van der Waals surface area (Å²) >= 11 is 0. The molecule has 3 fully saturated rings. The predicted octanol–water partition coefficient (Wildman–Crippen LogP) is 3.94. The Morgan fingerprint density at radius 1 is 1.07 bits per heavy atom. The van der Waals surface area contributed by atoms with Gasteiger partial charge in [-0.2, -0.15) is 0 Å². The molecule has 6 unspecified atom stereocenters. The van der Waals surface area contributed by atoms with Gasteiger partial charge in [-0.15, -0.1) is 0 Å². The van der Waals surface area contributed by atoms with Gasteiger partial charge < -0.3 is 23.7 Å². The van der Waals surface area contributed by atoms with Crippen molar-refractivity contribution in [1.29, 1.82) is 0 Å². The van der Waals surface area contributed by atoms with E-state index in [1.165, 1.54) is 19.3 Å². The molecule has 1 saturated heterocycles. The van der Waals surface area contributed by atoms with Crippen molar-refractivity contribution in [3.8, 4) is 0 Å². The quantitative estimate of drug-likeness (QED) is 0.236. The van der Waals surface area contributed by atoms with Crippen LogP contribution in [0.5, 0.6) is 0 Å². The van der Waals surface area contributed by atoms with Crippen molar-refractivity contribution < 1.29 is 47.7 Å². The number of hydrogen-bond acceptors (Lipinski definition) is 11. The Balaban J connectivity index is 1.81. The summed E-state index contributed by atoms with van der Waals surface area (Å²) in [7, 11) is 0. The zero-order valence-electron chi connectivity index (χ0n) is 26.6. The fourth-order valence-corrected chi connectivity index (χ4v) is 8.32. The molecule has 0 aromatic carbocycles. The van der Waals surface area contributed by atoms with E-state index in [0.29, 0.717) is 5.57 Å². The Morgan fingerprint density at radius 2 is 1.76 bits per heavy atom. The van der Waals surface area contributed by atoms with E-state index >= 15 is 4.79 Å². The minimum atomic E-state index is -1.88. The lowest BCUT2D eigenvalue weighted by molar-refractivity contribution is -0.210. The van der Waals surface area contributed by atoms with Gasteiger partial charge in [0.05, 0.1) is 23.5 Å². The van der Waals surface area contributed by atoms with Crippen LogP contribution in [0.25, 0.3) is 0 Å². The van der Waals surface area contributed by atoms with Crippen LogP contribution < -0.4 is 0 Å². The van der Waals surface area contributed by atoms with E-state index in [1.807, 2.05) is 13.0 Å². The topological polar surface area (TPSA) is 144 Å². The summed E-state index contributed by atoms with van der Waals surface area (Å²) in [5.74, 6) is -5.86. The molecule has 11 nitrogen and oxygen atoms in total. The standard InChI is InChI=1S/C34H41NO10/c1-8-24(37)43-27-19(5)15-34(45-20(6)36)26(27)29(44-25(38)9-2)33-17-41-32(7,31(34)40)28(33)22(18(3)4)12-13-23(33)42-30(39)21-11-10-14-35-16-21/h10-14,16,19,22-23,26-29H,3,8-9,15,17H2,1-2,4-7H3/t19-,22?,23+,26?,27?,28?,29+,32?,33?,34+/m0/s1. The molecule has 0 radical (unpaired) electrons. The maximum atomic E-state index is 15.1. The summed E-state index contributed by atoms with van der Waals surface area (Å²) < 4.78 is 31.1. The second-order valence-electron chi connectivity index (χ2n) is 12.9. The SMILES string of the molecule is C=C(C)C1C=C[C@@H](OC(=O)c2cccnc2)C23COC(C)(C(=O)[C@@]4(OC(C)=O)C[C@H](C)C(OC(=O)CC)C4[C@H]2OC(=O)CC)C13. The maximum absolute atomic E-state index is 15.1. The second-order valence-corrected chi connectivity index (χ2v) is 12.9. The second kappa shape index (κ2) is 11.8. The molecule has 1 aromatic heterocycles. The van der Waals surface area contributed by atoms with Gasteiger partial charge in [0.1, 0.15) is 23.9 Å². The summed E-state index contributed by atoms with van der Waals surface area (Å²) in [5, 5.41) is 0. The number of carbonyl (C=O) groups excluding carboxylic acids is 5.